The lowest BCUT2D eigenvalue weighted by Crippen LogP contribution is -2.49. The Hall–Kier alpha value is -0.0800. The molecule has 6 heteroatoms. The van der Waals surface area contributed by atoms with Gasteiger partial charge in [0.15, 0.2) is 5.96 Å². The maximum absolute atomic E-state index is 6.19. The summed E-state index contributed by atoms with van der Waals surface area (Å²) in [6, 6.07) is 0. The fraction of sp³-hybridized carbons (Fsp3) is 0.938. The smallest absolute Gasteiger partial charge is 0.191 e. The van der Waals surface area contributed by atoms with Gasteiger partial charge in [0.2, 0.25) is 0 Å². The summed E-state index contributed by atoms with van der Waals surface area (Å²) in [5.74, 6) is 0.858. The first-order valence-electron chi connectivity index (χ1n) is 8.34. The molecule has 5 nitrogen and oxygen atoms in total. The first-order valence-corrected chi connectivity index (χ1v) is 8.34. The molecule has 0 aliphatic heterocycles. The number of hydrogen-bond donors (Lipinski definition) is 2. The average molecular weight is 427 g/mol. The Morgan fingerprint density at radius 1 is 1.14 bits per heavy atom. The molecule has 0 heterocycles. The maximum Gasteiger partial charge on any atom is 0.191 e. The van der Waals surface area contributed by atoms with Crippen LogP contribution in [0.4, 0.5) is 0 Å². The normalized spacial score (nSPS) is 17.7. The standard InChI is InChI=1S/C16H33N3O2.HI/c1-4-12-21-16(9-6-5-7-10-16)14-19-15(17-2)18-11-8-13-20-3;/h4-14H2,1-3H3,(H2,17,18,19);1H. The minimum atomic E-state index is -0.00158. The van der Waals surface area contributed by atoms with Gasteiger partial charge in [0.25, 0.3) is 0 Å². The van der Waals surface area contributed by atoms with Crippen molar-refractivity contribution < 1.29 is 9.47 Å². The number of nitrogens with zero attached hydrogens (tertiary/aromatic N) is 1. The largest absolute Gasteiger partial charge is 0.385 e. The van der Waals surface area contributed by atoms with Gasteiger partial charge in [-0.1, -0.05) is 26.2 Å². The van der Waals surface area contributed by atoms with Gasteiger partial charge < -0.3 is 20.1 Å². The molecule has 0 saturated heterocycles. The van der Waals surface area contributed by atoms with E-state index in [9.17, 15) is 0 Å². The van der Waals surface area contributed by atoms with Gasteiger partial charge >= 0.3 is 0 Å². The molecule has 0 aromatic heterocycles. The van der Waals surface area contributed by atoms with E-state index in [1.54, 1.807) is 7.11 Å². The lowest BCUT2D eigenvalue weighted by Gasteiger charge is -2.37. The molecule has 0 aromatic carbocycles. The number of aliphatic imine (C=N–C) groups is 1. The van der Waals surface area contributed by atoms with Gasteiger partial charge in [-0.2, -0.15) is 0 Å². The van der Waals surface area contributed by atoms with E-state index in [2.05, 4.69) is 22.5 Å². The molecule has 0 unspecified atom stereocenters. The SMILES string of the molecule is CCCOC1(CNC(=NC)NCCCOC)CCCCC1.I. The Bertz CT molecular complexity index is 295. The Labute approximate surface area is 153 Å². The molecule has 1 saturated carbocycles. The number of guanidine groups is 1. The zero-order chi connectivity index (χ0) is 15.4. The van der Waals surface area contributed by atoms with E-state index in [0.29, 0.717) is 0 Å². The van der Waals surface area contributed by atoms with Crippen molar-refractivity contribution >= 4 is 29.9 Å². The van der Waals surface area contributed by atoms with Crippen LogP contribution in [0.15, 0.2) is 4.99 Å². The van der Waals surface area contributed by atoms with Gasteiger partial charge in [-0.3, -0.25) is 4.99 Å². The van der Waals surface area contributed by atoms with E-state index in [4.69, 9.17) is 9.47 Å². The van der Waals surface area contributed by atoms with Crippen LogP contribution < -0.4 is 10.6 Å². The van der Waals surface area contributed by atoms with E-state index in [0.717, 1.165) is 57.9 Å². The topological polar surface area (TPSA) is 54.9 Å². The summed E-state index contributed by atoms with van der Waals surface area (Å²) in [5, 5.41) is 6.76. The summed E-state index contributed by atoms with van der Waals surface area (Å²) in [6.07, 6.45) is 8.24. The highest BCUT2D eigenvalue weighted by Crippen LogP contribution is 2.31. The maximum atomic E-state index is 6.19. The van der Waals surface area contributed by atoms with Crippen molar-refractivity contribution in [3.63, 3.8) is 0 Å². The molecule has 0 spiro atoms. The van der Waals surface area contributed by atoms with Crippen LogP contribution in [0.2, 0.25) is 0 Å². The number of methoxy groups -OCH3 is 1. The van der Waals surface area contributed by atoms with Gasteiger partial charge in [0, 0.05) is 40.5 Å². The summed E-state index contributed by atoms with van der Waals surface area (Å²) in [7, 11) is 3.54. The molecule has 0 aromatic rings. The number of ether oxygens (including phenoxy) is 2. The van der Waals surface area contributed by atoms with Crippen molar-refractivity contribution in [3.05, 3.63) is 0 Å². The van der Waals surface area contributed by atoms with Crippen molar-refractivity contribution in [2.75, 3.05) is 40.5 Å². The molecule has 0 atom stereocenters. The summed E-state index contributed by atoms with van der Waals surface area (Å²) < 4.78 is 11.2. The van der Waals surface area contributed by atoms with Crippen LogP contribution in [0.1, 0.15) is 51.9 Å². The van der Waals surface area contributed by atoms with Gasteiger partial charge in [-0.15, -0.1) is 24.0 Å². The van der Waals surface area contributed by atoms with E-state index < -0.39 is 0 Å². The Balaban J connectivity index is 0.00000441. The van der Waals surface area contributed by atoms with E-state index >= 15 is 0 Å². The average Bonchev–Trinajstić information content (AvgIpc) is 2.53. The fourth-order valence-electron chi connectivity index (χ4n) is 2.78. The zero-order valence-corrected chi connectivity index (χ0v) is 16.8. The predicted molar refractivity (Wildman–Crippen MR) is 103 cm³/mol. The fourth-order valence-corrected chi connectivity index (χ4v) is 2.78. The molecule has 1 aliphatic rings. The number of rotatable bonds is 9. The third kappa shape index (κ3) is 8.53. The molecular weight excluding hydrogens is 393 g/mol. The lowest BCUT2D eigenvalue weighted by atomic mass is 9.84. The third-order valence-corrected chi connectivity index (χ3v) is 4.00. The van der Waals surface area contributed by atoms with E-state index in [1.165, 1.54) is 19.3 Å². The second-order valence-electron chi connectivity index (χ2n) is 5.79. The predicted octanol–water partition coefficient (Wildman–Crippen LogP) is 2.94. The van der Waals surface area contributed by atoms with Crippen LogP contribution in [-0.4, -0.2) is 52.0 Å². The first kappa shape index (κ1) is 21.9. The van der Waals surface area contributed by atoms with Crippen LogP contribution in [0.25, 0.3) is 0 Å². The molecule has 22 heavy (non-hydrogen) atoms. The van der Waals surface area contributed by atoms with Gasteiger partial charge in [-0.05, 0) is 25.7 Å². The Morgan fingerprint density at radius 3 is 2.45 bits per heavy atom. The molecular formula is C16H34IN3O2. The van der Waals surface area contributed by atoms with E-state index in [1.807, 2.05) is 7.05 Å². The van der Waals surface area contributed by atoms with Crippen LogP contribution in [0.5, 0.6) is 0 Å². The molecule has 2 N–H and O–H groups in total. The number of hydrogen-bond acceptors (Lipinski definition) is 3. The number of halogens is 1. The van der Waals surface area contributed by atoms with Crippen molar-refractivity contribution in [1.29, 1.82) is 0 Å². The summed E-state index contributed by atoms with van der Waals surface area (Å²) in [5.41, 5.74) is -0.00158. The quantitative estimate of drug-likeness (QED) is 0.257. The van der Waals surface area contributed by atoms with Crippen molar-refractivity contribution in [3.8, 4) is 0 Å². The third-order valence-electron chi connectivity index (χ3n) is 4.00. The summed E-state index contributed by atoms with van der Waals surface area (Å²) in [4.78, 5) is 4.28. The van der Waals surface area contributed by atoms with Crippen molar-refractivity contribution in [1.82, 2.24) is 10.6 Å². The highest BCUT2D eigenvalue weighted by atomic mass is 127. The van der Waals surface area contributed by atoms with E-state index in [-0.39, 0.29) is 29.6 Å². The van der Waals surface area contributed by atoms with Crippen LogP contribution >= 0.6 is 24.0 Å². The first-order chi connectivity index (χ1) is 10.3. The van der Waals surface area contributed by atoms with Crippen LogP contribution in [-0.2, 0) is 9.47 Å². The molecule has 1 rings (SSSR count). The molecule has 0 radical (unpaired) electrons. The molecule has 1 fully saturated rings. The molecule has 0 amide bonds. The van der Waals surface area contributed by atoms with Crippen molar-refractivity contribution in [2.24, 2.45) is 4.99 Å². The van der Waals surface area contributed by atoms with Gasteiger partial charge in [0.05, 0.1) is 5.60 Å². The van der Waals surface area contributed by atoms with Gasteiger partial charge in [-0.25, -0.2) is 0 Å². The Kier molecular flexibility index (Phi) is 13.3. The Morgan fingerprint density at radius 2 is 1.86 bits per heavy atom. The lowest BCUT2D eigenvalue weighted by molar-refractivity contribution is -0.0657. The highest BCUT2D eigenvalue weighted by molar-refractivity contribution is 14.0. The highest BCUT2D eigenvalue weighted by Gasteiger charge is 2.32. The minimum absolute atomic E-state index is 0. The van der Waals surface area contributed by atoms with Gasteiger partial charge in [0.1, 0.15) is 0 Å². The van der Waals surface area contributed by atoms with Crippen LogP contribution in [0.3, 0.4) is 0 Å². The second-order valence-corrected chi connectivity index (χ2v) is 5.79. The minimum Gasteiger partial charge on any atom is -0.385 e. The second kappa shape index (κ2) is 13.4. The van der Waals surface area contributed by atoms with Crippen LogP contribution in [0, 0.1) is 0 Å². The molecule has 132 valence electrons. The summed E-state index contributed by atoms with van der Waals surface area (Å²) in [6.45, 7) is 5.50. The van der Waals surface area contributed by atoms with Crippen molar-refractivity contribution in [2.45, 2.75) is 57.5 Å². The molecule has 0 bridgehead atoms. The summed E-state index contributed by atoms with van der Waals surface area (Å²) >= 11 is 0. The monoisotopic (exact) mass is 427 g/mol. The molecule has 1 aliphatic carbocycles. The number of nitrogens with one attached hydrogen (secondary N) is 2. The zero-order valence-electron chi connectivity index (χ0n) is 14.5.